The number of fused-ring (bicyclic) bond motifs is 1. The molecule has 0 aromatic heterocycles. The molecule has 3 N–H and O–H groups in total. The number of nitrogens with one attached hydrogen (secondary N) is 2. The minimum Gasteiger partial charge on any atom is -0.465 e. The zero-order valence-electron chi connectivity index (χ0n) is 8.90. The number of nitrogens with zero attached hydrogens (tertiary/aromatic N) is 1. The Hall–Kier alpha value is -1.95. The Morgan fingerprint density at radius 3 is 2.82 bits per heavy atom. The molecule has 1 unspecified atom stereocenters. The summed E-state index contributed by atoms with van der Waals surface area (Å²) in [5.74, 6) is -0.401. The Morgan fingerprint density at radius 1 is 1.47 bits per heavy atom. The van der Waals surface area contributed by atoms with E-state index in [1.807, 2.05) is 0 Å². The van der Waals surface area contributed by atoms with Gasteiger partial charge in [-0.15, -0.1) is 0 Å². The van der Waals surface area contributed by atoms with Gasteiger partial charge < -0.3 is 15.7 Å². The second-order valence-electron chi connectivity index (χ2n) is 3.58. The Balaban J connectivity index is 2.34. The van der Waals surface area contributed by atoms with Crippen LogP contribution in [0.4, 0.5) is 10.5 Å². The van der Waals surface area contributed by atoms with Gasteiger partial charge in [-0.1, -0.05) is 17.7 Å². The highest BCUT2D eigenvalue weighted by atomic mass is 35.5. The van der Waals surface area contributed by atoms with Crippen LogP contribution in [0.25, 0.3) is 0 Å². The van der Waals surface area contributed by atoms with Gasteiger partial charge in [-0.3, -0.25) is 9.69 Å². The summed E-state index contributed by atoms with van der Waals surface area (Å²) in [6, 6.07) is 4.95. The maximum Gasteiger partial charge on any atom is 0.410 e. The van der Waals surface area contributed by atoms with E-state index in [2.05, 4.69) is 10.6 Å². The van der Waals surface area contributed by atoms with Crippen molar-refractivity contribution in [2.75, 3.05) is 12.4 Å². The van der Waals surface area contributed by atoms with Crippen molar-refractivity contribution in [3.63, 3.8) is 0 Å². The largest absolute Gasteiger partial charge is 0.465 e. The van der Waals surface area contributed by atoms with Crippen LogP contribution in [0.1, 0.15) is 10.4 Å². The first-order valence-corrected chi connectivity index (χ1v) is 5.20. The van der Waals surface area contributed by atoms with Gasteiger partial charge >= 0.3 is 6.09 Å². The summed E-state index contributed by atoms with van der Waals surface area (Å²) >= 11 is 5.90. The molecule has 0 fully saturated rings. The van der Waals surface area contributed by atoms with Crippen molar-refractivity contribution in [1.82, 2.24) is 10.2 Å². The predicted octanol–water partition coefficient (Wildman–Crippen LogP) is 1.39. The van der Waals surface area contributed by atoms with Crippen LogP contribution in [-0.2, 0) is 0 Å². The lowest BCUT2D eigenvalue weighted by Crippen LogP contribution is -2.55. The number of anilines is 1. The second kappa shape index (κ2) is 4.14. The van der Waals surface area contributed by atoms with Crippen molar-refractivity contribution in [2.45, 2.75) is 6.29 Å². The van der Waals surface area contributed by atoms with E-state index >= 15 is 0 Å². The predicted molar refractivity (Wildman–Crippen MR) is 62.1 cm³/mol. The van der Waals surface area contributed by atoms with Gasteiger partial charge in [-0.2, -0.15) is 0 Å². The van der Waals surface area contributed by atoms with Gasteiger partial charge in [0.25, 0.3) is 5.91 Å². The minimum atomic E-state index is -1.15. The SMILES string of the molecule is CN(C(=O)O)C1NC(=O)c2c(Cl)cccc2N1. The molecule has 2 amide bonds. The van der Waals surface area contributed by atoms with E-state index in [1.165, 1.54) is 7.05 Å². The molecule has 0 spiro atoms. The summed E-state index contributed by atoms with van der Waals surface area (Å²) in [4.78, 5) is 23.5. The molecule has 0 saturated heterocycles. The van der Waals surface area contributed by atoms with Crippen LogP contribution in [0.2, 0.25) is 5.02 Å². The summed E-state index contributed by atoms with van der Waals surface area (Å²) < 4.78 is 0. The fourth-order valence-corrected chi connectivity index (χ4v) is 1.82. The van der Waals surface area contributed by atoms with Crippen molar-refractivity contribution in [3.8, 4) is 0 Å². The monoisotopic (exact) mass is 255 g/mol. The molecule has 0 radical (unpaired) electrons. The molecule has 17 heavy (non-hydrogen) atoms. The third kappa shape index (κ3) is 1.99. The van der Waals surface area contributed by atoms with Gasteiger partial charge in [0, 0.05) is 7.05 Å². The first-order chi connectivity index (χ1) is 8.00. The number of benzene rings is 1. The molecule has 1 aromatic carbocycles. The fourth-order valence-electron chi connectivity index (χ4n) is 1.56. The van der Waals surface area contributed by atoms with Crippen LogP contribution in [0.3, 0.4) is 0 Å². The normalized spacial score (nSPS) is 17.8. The fraction of sp³-hybridized carbons (Fsp3) is 0.200. The number of halogens is 1. The zero-order chi connectivity index (χ0) is 12.6. The van der Waals surface area contributed by atoms with E-state index in [4.69, 9.17) is 16.7 Å². The van der Waals surface area contributed by atoms with Crippen molar-refractivity contribution in [3.05, 3.63) is 28.8 Å². The molecule has 1 aliphatic rings. The van der Waals surface area contributed by atoms with E-state index in [-0.39, 0.29) is 0 Å². The van der Waals surface area contributed by atoms with Crippen molar-refractivity contribution in [2.24, 2.45) is 0 Å². The van der Waals surface area contributed by atoms with Gasteiger partial charge in [0.2, 0.25) is 0 Å². The molecule has 1 atom stereocenters. The lowest BCUT2D eigenvalue weighted by Gasteiger charge is -2.32. The molecule has 1 aromatic rings. The molecule has 2 rings (SSSR count). The average Bonchev–Trinajstić information content (AvgIpc) is 2.27. The Morgan fingerprint density at radius 2 is 2.18 bits per heavy atom. The van der Waals surface area contributed by atoms with E-state index in [0.29, 0.717) is 16.3 Å². The van der Waals surface area contributed by atoms with Gasteiger partial charge in [-0.25, -0.2) is 4.79 Å². The third-order valence-corrected chi connectivity index (χ3v) is 2.80. The van der Waals surface area contributed by atoms with Crippen LogP contribution in [0.5, 0.6) is 0 Å². The summed E-state index contributed by atoms with van der Waals surface area (Å²) in [6.45, 7) is 0. The lowest BCUT2D eigenvalue weighted by atomic mass is 10.1. The molecule has 6 nitrogen and oxygen atoms in total. The molecular weight excluding hydrogens is 246 g/mol. The van der Waals surface area contributed by atoms with Crippen LogP contribution in [0.15, 0.2) is 18.2 Å². The summed E-state index contributed by atoms with van der Waals surface area (Å²) in [5.41, 5.74) is 0.837. The lowest BCUT2D eigenvalue weighted by molar-refractivity contribution is 0.0871. The van der Waals surface area contributed by atoms with Crippen molar-refractivity contribution >= 4 is 29.3 Å². The standard InChI is InChI=1S/C10H10ClN3O3/c1-14(10(16)17)9-12-6-4-2-3-5(11)7(6)8(15)13-9/h2-4,9,12H,1H3,(H,13,15)(H,16,17). The van der Waals surface area contributed by atoms with Crippen LogP contribution >= 0.6 is 11.6 Å². The first-order valence-electron chi connectivity index (χ1n) is 4.82. The highest BCUT2D eigenvalue weighted by Gasteiger charge is 2.29. The smallest absolute Gasteiger partial charge is 0.410 e. The molecule has 0 aliphatic carbocycles. The summed E-state index contributed by atoms with van der Waals surface area (Å²) in [5, 5.41) is 14.5. The summed E-state index contributed by atoms with van der Waals surface area (Å²) in [6.07, 6.45) is -1.95. The van der Waals surface area contributed by atoms with Crippen molar-refractivity contribution in [1.29, 1.82) is 0 Å². The van der Waals surface area contributed by atoms with Gasteiger partial charge in [0.1, 0.15) is 0 Å². The molecule has 1 heterocycles. The number of hydrogen-bond donors (Lipinski definition) is 3. The van der Waals surface area contributed by atoms with Gasteiger partial charge in [0.05, 0.1) is 16.3 Å². The van der Waals surface area contributed by atoms with E-state index in [9.17, 15) is 9.59 Å². The Labute approximate surface area is 102 Å². The topological polar surface area (TPSA) is 81.7 Å². The average molecular weight is 256 g/mol. The number of rotatable bonds is 1. The molecule has 90 valence electrons. The quantitative estimate of drug-likeness (QED) is 0.708. The summed E-state index contributed by atoms with van der Waals surface area (Å²) in [7, 11) is 1.36. The van der Waals surface area contributed by atoms with Crippen molar-refractivity contribution < 1.29 is 14.7 Å². The number of carboxylic acid groups (broad SMARTS) is 1. The number of carbonyl (C=O) groups excluding carboxylic acids is 1. The minimum absolute atomic E-state index is 0.323. The zero-order valence-corrected chi connectivity index (χ0v) is 9.65. The molecule has 1 aliphatic heterocycles. The number of hydrogen-bond acceptors (Lipinski definition) is 3. The molecule has 7 heteroatoms. The maximum absolute atomic E-state index is 11.8. The number of carbonyl (C=O) groups is 2. The molecular formula is C10H10ClN3O3. The Kier molecular flexibility index (Phi) is 2.81. The van der Waals surface area contributed by atoms with Crippen LogP contribution in [-0.4, -0.2) is 35.3 Å². The van der Waals surface area contributed by atoms with Crippen LogP contribution in [0, 0.1) is 0 Å². The molecule has 0 bridgehead atoms. The highest BCUT2D eigenvalue weighted by molar-refractivity contribution is 6.34. The van der Waals surface area contributed by atoms with Gasteiger partial charge in [0.15, 0.2) is 6.29 Å². The molecule has 0 saturated carbocycles. The maximum atomic E-state index is 11.8. The van der Waals surface area contributed by atoms with Crippen LogP contribution < -0.4 is 10.6 Å². The Bertz CT molecular complexity index is 492. The van der Waals surface area contributed by atoms with E-state index in [0.717, 1.165) is 4.90 Å². The highest BCUT2D eigenvalue weighted by Crippen LogP contribution is 2.27. The second-order valence-corrected chi connectivity index (χ2v) is 3.98. The number of amides is 2. The third-order valence-electron chi connectivity index (χ3n) is 2.49. The van der Waals surface area contributed by atoms with E-state index < -0.39 is 18.3 Å². The van der Waals surface area contributed by atoms with E-state index in [1.54, 1.807) is 18.2 Å². The first kappa shape index (κ1) is 11.5. The van der Waals surface area contributed by atoms with Gasteiger partial charge in [-0.05, 0) is 12.1 Å².